The Labute approximate surface area is 125 Å². The van der Waals surface area contributed by atoms with E-state index in [4.69, 9.17) is 0 Å². The van der Waals surface area contributed by atoms with E-state index in [0.717, 1.165) is 10.9 Å². The summed E-state index contributed by atoms with van der Waals surface area (Å²) in [6.07, 6.45) is 6.74. The zero-order chi connectivity index (χ0) is 14.5. The maximum atomic E-state index is 11.7. The van der Waals surface area contributed by atoms with Crippen molar-refractivity contribution in [2.75, 3.05) is 12.3 Å². The van der Waals surface area contributed by atoms with Crippen molar-refractivity contribution < 1.29 is 4.79 Å². The Balaban J connectivity index is 2.05. The molecule has 1 saturated carbocycles. The van der Waals surface area contributed by atoms with Gasteiger partial charge in [0.05, 0.1) is 11.4 Å². The van der Waals surface area contributed by atoms with Gasteiger partial charge in [-0.15, -0.1) is 6.58 Å². The molecule has 1 aliphatic carbocycles. The minimum Gasteiger partial charge on any atom is -0.352 e. The van der Waals surface area contributed by atoms with Crippen LogP contribution in [-0.2, 0) is 4.79 Å². The quantitative estimate of drug-likeness (QED) is 0.648. The highest BCUT2D eigenvalue weighted by Gasteiger charge is 2.23. The molecule has 1 aromatic heterocycles. The molecule has 0 saturated heterocycles. The van der Waals surface area contributed by atoms with Crippen LogP contribution in [0.4, 0.5) is 0 Å². The zero-order valence-electron chi connectivity index (χ0n) is 12.3. The number of nitrogens with one attached hydrogen (secondary N) is 1. The number of aromatic nitrogens is 2. The van der Waals surface area contributed by atoms with Crippen molar-refractivity contribution in [1.82, 2.24) is 14.9 Å². The molecule has 0 aromatic carbocycles. The lowest BCUT2D eigenvalue weighted by Gasteiger charge is -2.16. The van der Waals surface area contributed by atoms with Crippen LogP contribution < -0.4 is 5.32 Å². The third-order valence-electron chi connectivity index (χ3n) is 3.82. The number of aryl methyl sites for hydroxylation is 1. The molecule has 4 nitrogen and oxygen atoms in total. The van der Waals surface area contributed by atoms with E-state index in [1.807, 2.05) is 6.92 Å². The first-order valence-corrected chi connectivity index (χ1v) is 8.18. The van der Waals surface area contributed by atoms with E-state index in [2.05, 4.69) is 28.4 Å². The van der Waals surface area contributed by atoms with Crippen LogP contribution >= 0.6 is 11.8 Å². The van der Waals surface area contributed by atoms with Crippen LogP contribution in [0.1, 0.15) is 43.1 Å². The molecule has 5 heteroatoms. The number of rotatable bonds is 6. The first-order chi connectivity index (χ1) is 9.63. The lowest BCUT2D eigenvalue weighted by molar-refractivity contribution is -0.118. The van der Waals surface area contributed by atoms with E-state index in [1.165, 1.54) is 43.1 Å². The fourth-order valence-corrected chi connectivity index (χ4v) is 3.65. The summed E-state index contributed by atoms with van der Waals surface area (Å²) >= 11 is 1.53. The third kappa shape index (κ3) is 3.45. The summed E-state index contributed by atoms with van der Waals surface area (Å²) in [4.78, 5) is 16.3. The highest BCUT2D eigenvalue weighted by molar-refractivity contribution is 7.99. The summed E-state index contributed by atoms with van der Waals surface area (Å²) in [5, 5.41) is 3.78. The normalized spacial score (nSPS) is 15.5. The van der Waals surface area contributed by atoms with Crippen molar-refractivity contribution in [2.45, 2.75) is 50.7 Å². The Bertz CT molecular complexity index is 490. The van der Waals surface area contributed by atoms with Crippen molar-refractivity contribution in [3.63, 3.8) is 0 Å². The number of amides is 1. The SMILES string of the molecule is C=CCNC(=O)CSc1nc(C)c(C)n1C1CCCC1. The summed E-state index contributed by atoms with van der Waals surface area (Å²) in [5.74, 6) is 0.447. The van der Waals surface area contributed by atoms with Crippen LogP contribution in [0.3, 0.4) is 0 Å². The van der Waals surface area contributed by atoms with Crippen molar-refractivity contribution in [3.8, 4) is 0 Å². The Kier molecular flexibility index (Phi) is 5.29. The fraction of sp³-hybridized carbons (Fsp3) is 0.600. The van der Waals surface area contributed by atoms with Gasteiger partial charge < -0.3 is 9.88 Å². The molecule has 20 heavy (non-hydrogen) atoms. The van der Waals surface area contributed by atoms with Gasteiger partial charge in [0.1, 0.15) is 0 Å². The van der Waals surface area contributed by atoms with Gasteiger partial charge in [0.15, 0.2) is 5.16 Å². The van der Waals surface area contributed by atoms with E-state index in [1.54, 1.807) is 6.08 Å². The standard InChI is InChI=1S/C15H23N3OS/c1-4-9-16-14(19)10-20-15-17-11(2)12(3)18(15)13-7-5-6-8-13/h4,13H,1,5-10H2,2-3H3,(H,16,19). The largest absolute Gasteiger partial charge is 0.352 e. The lowest BCUT2D eigenvalue weighted by atomic mass is 10.2. The minimum absolute atomic E-state index is 0.0335. The molecule has 1 N–H and O–H groups in total. The number of nitrogens with zero attached hydrogens (tertiary/aromatic N) is 2. The van der Waals surface area contributed by atoms with Gasteiger partial charge in [-0.05, 0) is 26.7 Å². The summed E-state index contributed by atoms with van der Waals surface area (Å²) in [7, 11) is 0. The molecule has 1 heterocycles. The van der Waals surface area contributed by atoms with E-state index in [0.29, 0.717) is 18.3 Å². The van der Waals surface area contributed by atoms with Crippen LogP contribution in [0.5, 0.6) is 0 Å². The van der Waals surface area contributed by atoms with Gasteiger partial charge in [0.2, 0.25) is 5.91 Å². The smallest absolute Gasteiger partial charge is 0.230 e. The van der Waals surface area contributed by atoms with Crippen molar-refractivity contribution >= 4 is 17.7 Å². The molecular formula is C15H23N3OS. The van der Waals surface area contributed by atoms with Gasteiger partial charge in [-0.2, -0.15) is 0 Å². The van der Waals surface area contributed by atoms with Crippen molar-refractivity contribution in [2.24, 2.45) is 0 Å². The predicted octanol–water partition coefficient (Wildman–Crippen LogP) is 3.01. The average Bonchev–Trinajstić information content (AvgIpc) is 3.03. The maximum Gasteiger partial charge on any atom is 0.230 e. The van der Waals surface area contributed by atoms with Gasteiger partial charge >= 0.3 is 0 Å². The molecule has 0 aliphatic heterocycles. The molecule has 1 aromatic rings. The topological polar surface area (TPSA) is 46.9 Å². The van der Waals surface area contributed by atoms with E-state index >= 15 is 0 Å². The van der Waals surface area contributed by atoms with Crippen LogP contribution in [0, 0.1) is 13.8 Å². The van der Waals surface area contributed by atoms with Crippen molar-refractivity contribution in [1.29, 1.82) is 0 Å². The first-order valence-electron chi connectivity index (χ1n) is 7.19. The molecule has 0 spiro atoms. The summed E-state index contributed by atoms with van der Waals surface area (Å²) in [6.45, 7) is 8.29. The second kappa shape index (κ2) is 6.97. The molecule has 2 rings (SSSR count). The third-order valence-corrected chi connectivity index (χ3v) is 4.77. The zero-order valence-corrected chi connectivity index (χ0v) is 13.1. The van der Waals surface area contributed by atoms with Crippen LogP contribution in [0.2, 0.25) is 0 Å². The monoisotopic (exact) mass is 293 g/mol. The minimum atomic E-state index is 0.0335. The maximum absolute atomic E-state index is 11.7. The number of hydrogen-bond acceptors (Lipinski definition) is 3. The number of carbonyl (C=O) groups is 1. The molecule has 0 bridgehead atoms. The molecule has 1 fully saturated rings. The Hall–Kier alpha value is -1.23. The fourth-order valence-electron chi connectivity index (χ4n) is 2.66. The lowest BCUT2D eigenvalue weighted by Crippen LogP contribution is -2.25. The van der Waals surface area contributed by atoms with E-state index in [-0.39, 0.29) is 5.91 Å². The first kappa shape index (κ1) is 15.2. The number of carbonyl (C=O) groups excluding carboxylic acids is 1. The van der Waals surface area contributed by atoms with Gasteiger partial charge in [0, 0.05) is 18.3 Å². The molecule has 1 aliphatic rings. The molecule has 0 radical (unpaired) electrons. The second-order valence-electron chi connectivity index (χ2n) is 5.25. The number of thioether (sulfide) groups is 1. The van der Waals surface area contributed by atoms with Gasteiger partial charge in [0.25, 0.3) is 0 Å². The van der Waals surface area contributed by atoms with Crippen LogP contribution in [-0.4, -0.2) is 27.8 Å². The molecule has 0 unspecified atom stereocenters. The van der Waals surface area contributed by atoms with Crippen LogP contribution in [0.25, 0.3) is 0 Å². The highest BCUT2D eigenvalue weighted by Crippen LogP contribution is 2.35. The van der Waals surface area contributed by atoms with Gasteiger partial charge in [-0.25, -0.2) is 4.98 Å². The number of hydrogen-bond donors (Lipinski definition) is 1. The van der Waals surface area contributed by atoms with Crippen molar-refractivity contribution in [3.05, 3.63) is 24.0 Å². The summed E-state index contributed by atoms with van der Waals surface area (Å²) in [6, 6.07) is 0.565. The Morgan fingerprint density at radius 2 is 2.20 bits per heavy atom. The Morgan fingerprint density at radius 1 is 1.50 bits per heavy atom. The average molecular weight is 293 g/mol. The molecule has 1 amide bonds. The highest BCUT2D eigenvalue weighted by atomic mass is 32.2. The van der Waals surface area contributed by atoms with Crippen LogP contribution in [0.15, 0.2) is 17.8 Å². The molecular weight excluding hydrogens is 270 g/mol. The Morgan fingerprint density at radius 3 is 2.85 bits per heavy atom. The van der Waals surface area contributed by atoms with Gasteiger partial charge in [-0.3, -0.25) is 4.79 Å². The predicted molar refractivity (Wildman–Crippen MR) is 83.1 cm³/mol. The number of imidazole rings is 1. The summed E-state index contributed by atoms with van der Waals surface area (Å²) < 4.78 is 2.34. The van der Waals surface area contributed by atoms with Gasteiger partial charge in [-0.1, -0.05) is 30.7 Å². The molecule has 110 valence electrons. The van der Waals surface area contributed by atoms with E-state index < -0.39 is 0 Å². The van der Waals surface area contributed by atoms with E-state index in [9.17, 15) is 4.79 Å². The summed E-state index contributed by atoms with van der Waals surface area (Å²) in [5.41, 5.74) is 2.32. The molecule has 0 atom stereocenters. The second-order valence-corrected chi connectivity index (χ2v) is 6.20.